The van der Waals surface area contributed by atoms with E-state index in [0.29, 0.717) is 25.1 Å². The fraction of sp³-hybridized carbons (Fsp3) is 0.389. The zero-order chi connectivity index (χ0) is 18.0. The molecular weight excluding hydrogens is 327 g/mol. The largest absolute Gasteiger partial charge is 0.494 e. The number of methoxy groups -OCH3 is 1. The Labute approximate surface area is 144 Å². The second kappa shape index (κ2) is 7.04. The van der Waals surface area contributed by atoms with Gasteiger partial charge >= 0.3 is 0 Å². The molecule has 1 fully saturated rings. The van der Waals surface area contributed by atoms with E-state index in [9.17, 15) is 14.0 Å². The minimum Gasteiger partial charge on any atom is -0.494 e. The van der Waals surface area contributed by atoms with Crippen molar-refractivity contribution in [1.82, 2.24) is 10.1 Å². The average Bonchev–Trinajstić information content (AvgIpc) is 3.07. The summed E-state index contributed by atoms with van der Waals surface area (Å²) < 4.78 is 23.7. The van der Waals surface area contributed by atoms with Gasteiger partial charge in [0.05, 0.1) is 7.11 Å². The van der Waals surface area contributed by atoms with Crippen molar-refractivity contribution >= 4 is 11.7 Å². The van der Waals surface area contributed by atoms with Crippen LogP contribution in [0, 0.1) is 18.7 Å². The number of carbonyl (C=O) groups is 2. The second-order valence-corrected chi connectivity index (χ2v) is 6.13. The van der Waals surface area contributed by atoms with E-state index in [-0.39, 0.29) is 41.2 Å². The number of aryl methyl sites for hydroxylation is 1. The molecule has 6 nitrogen and oxygen atoms in total. The van der Waals surface area contributed by atoms with Crippen LogP contribution in [0.15, 0.2) is 28.8 Å². The van der Waals surface area contributed by atoms with Gasteiger partial charge in [0.1, 0.15) is 5.76 Å². The van der Waals surface area contributed by atoms with Gasteiger partial charge in [-0.15, -0.1) is 0 Å². The van der Waals surface area contributed by atoms with Crippen LogP contribution in [-0.2, 0) is 0 Å². The molecule has 1 aliphatic heterocycles. The van der Waals surface area contributed by atoms with E-state index in [0.717, 1.165) is 0 Å². The normalized spacial score (nSPS) is 17.4. The van der Waals surface area contributed by atoms with Gasteiger partial charge in [0.25, 0.3) is 5.91 Å². The van der Waals surface area contributed by atoms with Gasteiger partial charge in [-0.25, -0.2) is 4.39 Å². The minimum atomic E-state index is -0.574. The van der Waals surface area contributed by atoms with E-state index >= 15 is 0 Å². The maximum Gasteiger partial charge on any atom is 0.276 e. The van der Waals surface area contributed by atoms with Gasteiger partial charge in [-0.05, 0) is 38.0 Å². The highest BCUT2D eigenvalue weighted by Crippen LogP contribution is 2.25. The molecule has 132 valence electrons. The van der Waals surface area contributed by atoms with Crippen molar-refractivity contribution in [3.05, 3.63) is 47.1 Å². The summed E-state index contributed by atoms with van der Waals surface area (Å²) in [5, 5.41) is 3.74. The summed E-state index contributed by atoms with van der Waals surface area (Å²) in [6, 6.07) is 5.74. The van der Waals surface area contributed by atoms with Crippen LogP contribution in [0.1, 0.15) is 39.4 Å². The van der Waals surface area contributed by atoms with E-state index in [2.05, 4.69) is 5.16 Å². The van der Waals surface area contributed by atoms with Crippen LogP contribution in [0.25, 0.3) is 0 Å². The Hall–Kier alpha value is -2.70. The van der Waals surface area contributed by atoms with Crippen LogP contribution < -0.4 is 4.74 Å². The maximum atomic E-state index is 13.8. The number of ether oxygens (including phenoxy) is 1. The lowest BCUT2D eigenvalue weighted by atomic mass is 9.89. The number of aromatic nitrogens is 1. The number of hydrogen-bond donors (Lipinski definition) is 0. The average molecular weight is 346 g/mol. The van der Waals surface area contributed by atoms with E-state index in [1.165, 1.54) is 19.2 Å². The molecule has 7 heteroatoms. The zero-order valence-corrected chi connectivity index (χ0v) is 14.1. The van der Waals surface area contributed by atoms with Gasteiger partial charge in [0, 0.05) is 30.6 Å². The first-order valence-electron chi connectivity index (χ1n) is 8.10. The number of likely N-dealkylation sites (tertiary alicyclic amines) is 1. The Morgan fingerprint density at radius 2 is 2.16 bits per heavy atom. The summed E-state index contributed by atoms with van der Waals surface area (Å²) in [6.45, 7) is 2.56. The van der Waals surface area contributed by atoms with E-state index in [4.69, 9.17) is 9.26 Å². The summed E-state index contributed by atoms with van der Waals surface area (Å²) in [5.74, 6) is -0.709. The highest BCUT2D eigenvalue weighted by atomic mass is 19.1. The number of piperidine rings is 1. The van der Waals surface area contributed by atoms with Crippen LogP contribution in [0.5, 0.6) is 5.75 Å². The van der Waals surface area contributed by atoms with Gasteiger partial charge in [-0.2, -0.15) is 0 Å². The molecule has 3 rings (SSSR count). The number of rotatable bonds is 4. The van der Waals surface area contributed by atoms with Gasteiger partial charge in [-0.3, -0.25) is 9.59 Å². The van der Waals surface area contributed by atoms with Crippen molar-refractivity contribution in [2.45, 2.75) is 19.8 Å². The quantitative estimate of drug-likeness (QED) is 0.796. The predicted molar refractivity (Wildman–Crippen MR) is 87.2 cm³/mol. The third-order valence-electron chi connectivity index (χ3n) is 4.36. The van der Waals surface area contributed by atoms with Gasteiger partial charge in [-0.1, -0.05) is 5.16 Å². The summed E-state index contributed by atoms with van der Waals surface area (Å²) in [6.07, 6.45) is 1.37. The lowest BCUT2D eigenvalue weighted by molar-refractivity contribution is 0.0628. The molecule has 0 unspecified atom stereocenters. The first-order valence-corrected chi connectivity index (χ1v) is 8.10. The van der Waals surface area contributed by atoms with Gasteiger partial charge in [0.2, 0.25) is 0 Å². The second-order valence-electron chi connectivity index (χ2n) is 6.13. The third kappa shape index (κ3) is 3.55. The Balaban J connectivity index is 1.73. The van der Waals surface area contributed by atoms with Crippen molar-refractivity contribution in [2.24, 2.45) is 5.92 Å². The lowest BCUT2D eigenvalue weighted by Crippen LogP contribution is -2.42. The third-order valence-corrected chi connectivity index (χ3v) is 4.36. The Bertz CT molecular complexity index is 802. The van der Waals surface area contributed by atoms with E-state index in [1.807, 2.05) is 0 Å². The summed E-state index contributed by atoms with van der Waals surface area (Å²) in [7, 11) is 1.37. The fourth-order valence-electron chi connectivity index (χ4n) is 3.06. The van der Waals surface area contributed by atoms with Crippen LogP contribution in [0.2, 0.25) is 0 Å². The molecule has 1 aromatic carbocycles. The smallest absolute Gasteiger partial charge is 0.276 e. The molecule has 0 bridgehead atoms. The molecule has 0 N–H and O–H groups in total. The van der Waals surface area contributed by atoms with Crippen molar-refractivity contribution in [3.63, 3.8) is 0 Å². The summed E-state index contributed by atoms with van der Waals surface area (Å²) >= 11 is 0. The molecule has 2 aromatic rings. The number of nitrogens with zero attached hydrogens (tertiary/aromatic N) is 2. The lowest BCUT2D eigenvalue weighted by Gasteiger charge is -2.31. The number of ketones is 1. The maximum absolute atomic E-state index is 13.8. The van der Waals surface area contributed by atoms with Crippen molar-refractivity contribution in [1.29, 1.82) is 0 Å². The molecule has 25 heavy (non-hydrogen) atoms. The minimum absolute atomic E-state index is 0.0957. The highest BCUT2D eigenvalue weighted by Gasteiger charge is 2.30. The van der Waals surface area contributed by atoms with Gasteiger partial charge in [0.15, 0.2) is 23.0 Å². The van der Waals surface area contributed by atoms with E-state index in [1.54, 1.807) is 24.0 Å². The number of carbonyl (C=O) groups excluding carboxylic acids is 2. The molecule has 2 heterocycles. The molecule has 0 aliphatic carbocycles. The van der Waals surface area contributed by atoms with Crippen LogP contribution in [0.4, 0.5) is 4.39 Å². The van der Waals surface area contributed by atoms with Crippen LogP contribution in [0.3, 0.4) is 0 Å². The predicted octanol–water partition coefficient (Wildman–Crippen LogP) is 2.87. The Kier molecular flexibility index (Phi) is 4.83. The van der Waals surface area contributed by atoms with E-state index < -0.39 is 5.82 Å². The SMILES string of the molecule is COc1ccc(C(=O)[C@H]2CCCN(C(=O)c3cc(C)on3)C2)cc1F. The summed E-state index contributed by atoms with van der Waals surface area (Å²) in [4.78, 5) is 26.8. The molecule has 1 aromatic heterocycles. The molecule has 1 aliphatic rings. The zero-order valence-electron chi connectivity index (χ0n) is 14.1. The molecule has 0 saturated carbocycles. The molecule has 1 atom stereocenters. The Morgan fingerprint density at radius 1 is 1.36 bits per heavy atom. The van der Waals surface area contributed by atoms with Gasteiger partial charge < -0.3 is 14.2 Å². The number of amides is 1. The number of benzene rings is 1. The molecule has 0 radical (unpaired) electrons. The number of Topliss-reactive ketones (excluding diaryl/α,β-unsaturated/α-hetero) is 1. The topological polar surface area (TPSA) is 72.6 Å². The van der Waals surface area contributed by atoms with Crippen LogP contribution >= 0.6 is 0 Å². The Morgan fingerprint density at radius 3 is 2.80 bits per heavy atom. The monoisotopic (exact) mass is 346 g/mol. The van der Waals surface area contributed by atoms with Crippen molar-refractivity contribution in [3.8, 4) is 5.75 Å². The fourth-order valence-corrected chi connectivity index (χ4v) is 3.06. The van der Waals surface area contributed by atoms with Crippen molar-refractivity contribution in [2.75, 3.05) is 20.2 Å². The van der Waals surface area contributed by atoms with Crippen LogP contribution in [-0.4, -0.2) is 41.9 Å². The first kappa shape index (κ1) is 17.1. The molecule has 1 saturated heterocycles. The molecule has 0 spiro atoms. The standard InChI is InChI=1S/C18H19FN2O4/c1-11-8-15(20-25-11)18(23)21-7-3-4-13(10-21)17(22)12-5-6-16(24-2)14(19)9-12/h5-6,8-9,13H,3-4,7,10H2,1-2H3/t13-/m0/s1. The first-order chi connectivity index (χ1) is 12.0. The summed E-state index contributed by atoms with van der Waals surface area (Å²) in [5.41, 5.74) is 0.524. The number of halogens is 1. The highest BCUT2D eigenvalue weighted by molar-refractivity contribution is 5.99. The molecule has 1 amide bonds. The molecular formula is C18H19FN2O4. The number of hydrogen-bond acceptors (Lipinski definition) is 5. The van der Waals surface area contributed by atoms with Crippen molar-refractivity contribution < 1.29 is 23.2 Å².